The van der Waals surface area contributed by atoms with E-state index >= 15 is 0 Å². The average molecular weight is 146 g/mol. The Kier molecular flexibility index (Phi) is 2.65. The molecule has 1 aliphatic heterocycles. The van der Waals surface area contributed by atoms with E-state index in [2.05, 4.69) is 0 Å². The summed E-state index contributed by atoms with van der Waals surface area (Å²) < 4.78 is 15.7. The SMILES string of the molecule is CCOC1(OC)CCCO1. The molecule has 1 heterocycles. The zero-order valence-corrected chi connectivity index (χ0v) is 6.55. The molecule has 1 atom stereocenters. The number of ether oxygens (including phenoxy) is 3. The third kappa shape index (κ3) is 1.48. The molecule has 1 rings (SSSR count). The number of rotatable bonds is 3. The van der Waals surface area contributed by atoms with Crippen LogP contribution in [0.2, 0.25) is 0 Å². The van der Waals surface area contributed by atoms with Gasteiger partial charge in [0.1, 0.15) is 0 Å². The molecule has 0 N–H and O–H groups in total. The Balaban J connectivity index is 2.41. The average Bonchev–Trinajstić information content (AvgIpc) is 2.39. The van der Waals surface area contributed by atoms with Gasteiger partial charge in [-0.05, 0) is 13.3 Å². The van der Waals surface area contributed by atoms with Gasteiger partial charge in [-0.3, -0.25) is 0 Å². The smallest absolute Gasteiger partial charge is 0.282 e. The van der Waals surface area contributed by atoms with E-state index in [0.717, 1.165) is 19.4 Å². The highest BCUT2D eigenvalue weighted by Crippen LogP contribution is 2.27. The third-order valence-corrected chi connectivity index (χ3v) is 1.62. The topological polar surface area (TPSA) is 27.7 Å². The Morgan fingerprint density at radius 2 is 2.40 bits per heavy atom. The molecule has 0 aromatic rings. The number of hydrogen-bond acceptors (Lipinski definition) is 3. The monoisotopic (exact) mass is 146 g/mol. The van der Waals surface area contributed by atoms with Gasteiger partial charge in [-0.25, -0.2) is 0 Å². The molecule has 0 spiro atoms. The van der Waals surface area contributed by atoms with Gasteiger partial charge >= 0.3 is 0 Å². The Labute approximate surface area is 61.3 Å². The fraction of sp³-hybridized carbons (Fsp3) is 1.00. The fourth-order valence-corrected chi connectivity index (χ4v) is 1.14. The van der Waals surface area contributed by atoms with Crippen molar-refractivity contribution >= 4 is 0 Å². The Hall–Kier alpha value is -0.120. The van der Waals surface area contributed by atoms with Gasteiger partial charge in [0.05, 0.1) is 6.61 Å². The van der Waals surface area contributed by atoms with E-state index in [1.54, 1.807) is 7.11 Å². The molecule has 60 valence electrons. The van der Waals surface area contributed by atoms with Crippen LogP contribution in [0.5, 0.6) is 0 Å². The van der Waals surface area contributed by atoms with Gasteiger partial charge in [-0.15, -0.1) is 0 Å². The first-order chi connectivity index (χ1) is 4.83. The van der Waals surface area contributed by atoms with Crippen molar-refractivity contribution in [2.75, 3.05) is 20.3 Å². The molecule has 1 aliphatic rings. The van der Waals surface area contributed by atoms with Crippen molar-refractivity contribution < 1.29 is 14.2 Å². The minimum atomic E-state index is -0.714. The van der Waals surface area contributed by atoms with Crippen molar-refractivity contribution in [3.05, 3.63) is 0 Å². The van der Waals surface area contributed by atoms with Gasteiger partial charge in [0.25, 0.3) is 5.97 Å². The van der Waals surface area contributed by atoms with Crippen LogP contribution < -0.4 is 0 Å². The molecule has 1 fully saturated rings. The lowest BCUT2D eigenvalue weighted by Gasteiger charge is -2.25. The van der Waals surface area contributed by atoms with Gasteiger partial charge in [0.2, 0.25) is 0 Å². The normalized spacial score (nSPS) is 33.0. The standard InChI is InChI=1S/C7H14O3/c1-3-9-7(8-2)5-4-6-10-7/h3-6H2,1-2H3. The van der Waals surface area contributed by atoms with Gasteiger partial charge in [-0.2, -0.15) is 0 Å². The summed E-state index contributed by atoms with van der Waals surface area (Å²) in [5.74, 6) is -0.714. The van der Waals surface area contributed by atoms with Crippen LogP contribution >= 0.6 is 0 Å². The Morgan fingerprint density at radius 1 is 1.60 bits per heavy atom. The van der Waals surface area contributed by atoms with Crippen LogP contribution in [0, 0.1) is 0 Å². The van der Waals surface area contributed by atoms with E-state index in [1.807, 2.05) is 6.92 Å². The second-order valence-electron chi connectivity index (χ2n) is 2.27. The molecule has 0 aromatic heterocycles. The first-order valence-corrected chi connectivity index (χ1v) is 3.66. The first-order valence-electron chi connectivity index (χ1n) is 3.66. The maximum Gasteiger partial charge on any atom is 0.282 e. The maximum atomic E-state index is 5.30. The molecular formula is C7H14O3. The van der Waals surface area contributed by atoms with E-state index in [1.165, 1.54) is 0 Å². The second-order valence-corrected chi connectivity index (χ2v) is 2.27. The minimum absolute atomic E-state index is 0.633. The molecule has 3 heteroatoms. The zero-order valence-electron chi connectivity index (χ0n) is 6.55. The molecule has 0 radical (unpaired) electrons. The van der Waals surface area contributed by atoms with Gasteiger partial charge in [0.15, 0.2) is 0 Å². The lowest BCUT2D eigenvalue weighted by Crippen LogP contribution is -2.33. The van der Waals surface area contributed by atoms with Crippen molar-refractivity contribution in [1.82, 2.24) is 0 Å². The van der Waals surface area contributed by atoms with Crippen molar-refractivity contribution in [3.8, 4) is 0 Å². The van der Waals surface area contributed by atoms with Crippen molar-refractivity contribution in [1.29, 1.82) is 0 Å². The summed E-state index contributed by atoms with van der Waals surface area (Å²) in [4.78, 5) is 0. The third-order valence-electron chi connectivity index (χ3n) is 1.62. The zero-order chi connectivity index (χ0) is 7.45. The van der Waals surface area contributed by atoms with Gasteiger partial charge in [-0.1, -0.05) is 0 Å². The summed E-state index contributed by atoms with van der Waals surface area (Å²) in [5, 5.41) is 0. The number of methoxy groups -OCH3 is 1. The van der Waals surface area contributed by atoms with Gasteiger partial charge < -0.3 is 14.2 Å². The van der Waals surface area contributed by atoms with Crippen LogP contribution in [0.4, 0.5) is 0 Å². The van der Waals surface area contributed by atoms with Crippen molar-refractivity contribution in [2.24, 2.45) is 0 Å². The summed E-state index contributed by atoms with van der Waals surface area (Å²) in [7, 11) is 1.61. The molecule has 1 unspecified atom stereocenters. The van der Waals surface area contributed by atoms with Crippen LogP contribution in [0.1, 0.15) is 19.8 Å². The minimum Gasteiger partial charge on any atom is -0.331 e. The van der Waals surface area contributed by atoms with Crippen molar-refractivity contribution in [3.63, 3.8) is 0 Å². The molecule has 3 nitrogen and oxygen atoms in total. The summed E-state index contributed by atoms with van der Waals surface area (Å²) in [6, 6.07) is 0. The predicted molar refractivity (Wildman–Crippen MR) is 36.6 cm³/mol. The van der Waals surface area contributed by atoms with E-state index in [0.29, 0.717) is 6.61 Å². The highest BCUT2D eigenvalue weighted by atomic mass is 16.9. The Morgan fingerprint density at radius 3 is 2.80 bits per heavy atom. The molecular weight excluding hydrogens is 132 g/mol. The van der Waals surface area contributed by atoms with E-state index in [4.69, 9.17) is 14.2 Å². The summed E-state index contributed by atoms with van der Waals surface area (Å²) in [6.07, 6.45) is 1.87. The summed E-state index contributed by atoms with van der Waals surface area (Å²) >= 11 is 0. The molecule has 0 bridgehead atoms. The largest absolute Gasteiger partial charge is 0.331 e. The Bertz CT molecular complexity index is 97.0. The van der Waals surface area contributed by atoms with Gasteiger partial charge in [0, 0.05) is 20.1 Å². The van der Waals surface area contributed by atoms with Crippen LogP contribution in [0.15, 0.2) is 0 Å². The molecule has 0 aromatic carbocycles. The molecule has 0 saturated carbocycles. The van der Waals surface area contributed by atoms with Crippen LogP contribution in [0.3, 0.4) is 0 Å². The first kappa shape index (κ1) is 7.98. The molecule has 0 aliphatic carbocycles. The summed E-state index contributed by atoms with van der Waals surface area (Å²) in [6.45, 7) is 3.31. The summed E-state index contributed by atoms with van der Waals surface area (Å²) in [5.41, 5.74) is 0. The highest BCUT2D eigenvalue weighted by Gasteiger charge is 2.35. The van der Waals surface area contributed by atoms with E-state index < -0.39 is 5.97 Å². The lowest BCUT2D eigenvalue weighted by atomic mass is 10.3. The predicted octanol–water partition coefficient (Wildman–Crippen LogP) is 1.13. The van der Waals surface area contributed by atoms with Crippen LogP contribution in [0.25, 0.3) is 0 Å². The second kappa shape index (κ2) is 3.32. The quantitative estimate of drug-likeness (QED) is 0.559. The highest BCUT2D eigenvalue weighted by molar-refractivity contribution is 4.63. The molecule has 0 amide bonds. The lowest BCUT2D eigenvalue weighted by molar-refractivity contribution is -0.349. The van der Waals surface area contributed by atoms with Crippen LogP contribution in [-0.4, -0.2) is 26.3 Å². The molecule has 1 saturated heterocycles. The van der Waals surface area contributed by atoms with E-state index in [9.17, 15) is 0 Å². The molecule has 10 heavy (non-hydrogen) atoms. The van der Waals surface area contributed by atoms with Crippen LogP contribution in [-0.2, 0) is 14.2 Å². The maximum absolute atomic E-state index is 5.30. The number of hydrogen-bond donors (Lipinski definition) is 0. The van der Waals surface area contributed by atoms with Crippen molar-refractivity contribution in [2.45, 2.75) is 25.7 Å². The van der Waals surface area contributed by atoms with E-state index in [-0.39, 0.29) is 0 Å². The fourth-order valence-electron chi connectivity index (χ4n) is 1.14.